The number of phenols is 1. The number of amides is 1. The fourth-order valence-corrected chi connectivity index (χ4v) is 2.41. The summed E-state index contributed by atoms with van der Waals surface area (Å²) in [7, 11) is 0. The molecule has 0 radical (unpaired) electrons. The molecule has 2 rings (SSSR count). The lowest BCUT2D eigenvalue weighted by Gasteiger charge is -2.32. The predicted octanol–water partition coefficient (Wildman–Crippen LogP) is 2.04. The highest BCUT2D eigenvalue weighted by Crippen LogP contribution is 2.31. The van der Waals surface area contributed by atoms with E-state index in [1.54, 1.807) is 18.2 Å². The van der Waals surface area contributed by atoms with Crippen molar-refractivity contribution in [1.82, 2.24) is 0 Å². The Bertz CT molecular complexity index is 641. The number of carbonyl (C=O) groups is 1. The minimum atomic E-state index is -0.575. The predicted molar refractivity (Wildman–Crippen MR) is 88.1 cm³/mol. The summed E-state index contributed by atoms with van der Waals surface area (Å²) >= 11 is 0. The molecular weight excluding hydrogens is 278 g/mol. The zero-order chi connectivity index (χ0) is 16.1. The maximum atomic E-state index is 11.9. The molecule has 1 amide bonds. The molecule has 2 aromatic carbocycles. The SMILES string of the molecule is Cc1ccc(N(c2cccc(O)c2)C(CCN)C(N)=O)cc1. The lowest BCUT2D eigenvalue weighted by atomic mass is 10.1. The molecule has 0 saturated carbocycles. The van der Waals surface area contributed by atoms with Gasteiger partial charge >= 0.3 is 0 Å². The van der Waals surface area contributed by atoms with Crippen molar-refractivity contribution in [3.05, 3.63) is 54.1 Å². The van der Waals surface area contributed by atoms with Crippen LogP contribution in [0, 0.1) is 6.92 Å². The van der Waals surface area contributed by atoms with Gasteiger partial charge in [0, 0.05) is 17.4 Å². The van der Waals surface area contributed by atoms with Gasteiger partial charge in [0.2, 0.25) is 5.91 Å². The van der Waals surface area contributed by atoms with E-state index < -0.39 is 11.9 Å². The molecule has 2 aromatic rings. The van der Waals surface area contributed by atoms with Crippen LogP contribution in [0.5, 0.6) is 5.75 Å². The van der Waals surface area contributed by atoms with Crippen LogP contribution in [0.25, 0.3) is 0 Å². The number of carbonyl (C=O) groups excluding carboxylic acids is 1. The van der Waals surface area contributed by atoms with Crippen molar-refractivity contribution in [2.45, 2.75) is 19.4 Å². The number of rotatable bonds is 6. The Morgan fingerprint density at radius 1 is 1.18 bits per heavy atom. The molecule has 0 heterocycles. The second-order valence-corrected chi connectivity index (χ2v) is 5.22. The van der Waals surface area contributed by atoms with Gasteiger partial charge in [0.25, 0.3) is 0 Å². The van der Waals surface area contributed by atoms with Crippen LogP contribution in [0.2, 0.25) is 0 Å². The number of phenolic OH excluding ortho intramolecular Hbond substituents is 1. The van der Waals surface area contributed by atoms with Crippen molar-refractivity contribution in [2.75, 3.05) is 11.4 Å². The first kappa shape index (κ1) is 15.9. The third-order valence-electron chi connectivity index (χ3n) is 3.50. The molecule has 0 bridgehead atoms. The molecule has 1 atom stereocenters. The Hall–Kier alpha value is -2.53. The minimum Gasteiger partial charge on any atom is -0.508 e. The van der Waals surface area contributed by atoms with Gasteiger partial charge in [-0.2, -0.15) is 0 Å². The summed E-state index contributed by atoms with van der Waals surface area (Å²) in [5, 5.41) is 9.74. The fourth-order valence-electron chi connectivity index (χ4n) is 2.41. The second kappa shape index (κ2) is 6.95. The van der Waals surface area contributed by atoms with Crippen LogP contribution in [0.3, 0.4) is 0 Å². The molecule has 5 heteroatoms. The van der Waals surface area contributed by atoms with Crippen molar-refractivity contribution in [3.8, 4) is 5.75 Å². The summed E-state index contributed by atoms with van der Waals surface area (Å²) < 4.78 is 0. The van der Waals surface area contributed by atoms with E-state index in [2.05, 4.69) is 0 Å². The topological polar surface area (TPSA) is 92.6 Å². The van der Waals surface area contributed by atoms with Gasteiger partial charge in [-0.15, -0.1) is 0 Å². The zero-order valence-corrected chi connectivity index (χ0v) is 12.6. The minimum absolute atomic E-state index is 0.130. The van der Waals surface area contributed by atoms with Crippen LogP contribution in [0.4, 0.5) is 11.4 Å². The highest BCUT2D eigenvalue weighted by molar-refractivity contribution is 5.87. The van der Waals surface area contributed by atoms with Crippen LogP contribution in [0.1, 0.15) is 12.0 Å². The van der Waals surface area contributed by atoms with Crippen LogP contribution in [-0.4, -0.2) is 23.6 Å². The average Bonchev–Trinajstić information content (AvgIpc) is 2.48. The van der Waals surface area contributed by atoms with Gasteiger partial charge < -0.3 is 21.5 Å². The van der Waals surface area contributed by atoms with Crippen LogP contribution >= 0.6 is 0 Å². The van der Waals surface area contributed by atoms with Crippen LogP contribution < -0.4 is 16.4 Å². The van der Waals surface area contributed by atoms with E-state index >= 15 is 0 Å². The highest BCUT2D eigenvalue weighted by Gasteiger charge is 2.25. The number of anilines is 2. The van der Waals surface area contributed by atoms with E-state index in [0.717, 1.165) is 11.3 Å². The summed E-state index contributed by atoms with van der Waals surface area (Å²) in [6.45, 7) is 2.34. The lowest BCUT2D eigenvalue weighted by molar-refractivity contribution is -0.119. The third kappa shape index (κ3) is 3.56. The number of aromatic hydroxyl groups is 1. The molecule has 116 valence electrons. The number of nitrogens with two attached hydrogens (primary N) is 2. The molecule has 0 fully saturated rings. The van der Waals surface area contributed by atoms with Crippen molar-refractivity contribution in [1.29, 1.82) is 0 Å². The fraction of sp³-hybridized carbons (Fsp3) is 0.235. The summed E-state index contributed by atoms with van der Waals surface area (Å²) in [6.07, 6.45) is 0.429. The highest BCUT2D eigenvalue weighted by atomic mass is 16.3. The van der Waals surface area contributed by atoms with E-state index in [4.69, 9.17) is 11.5 Å². The summed E-state index contributed by atoms with van der Waals surface area (Å²) in [6, 6.07) is 13.9. The Morgan fingerprint density at radius 2 is 1.86 bits per heavy atom. The Morgan fingerprint density at radius 3 is 2.41 bits per heavy atom. The number of benzene rings is 2. The molecular formula is C17H21N3O2. The standard InChI is InChI=1S/C17H21N3O2/c1-12-5-7-13(8-6-12)20(16(9-10-18)17(19)22)14-3-2-4-15(21)11-14/h2-8,11,16,21H,9-10,18H2,1H3,(H2,19,22). The second-order valence-electron chi connectivity index (χ2n) is 5.22. The van der Waals surface area contributed by atoms with Crippen LogP contribution in [0.15, 0.2) is 48.5 Å². The van der Waals surface area contributed by atoms with Crippen LogP contribution in [-0.2, 0) is 4.79 Å². The molecule has 5 nitrogen and oxygen atoms in total. The summed E-state index contributed by atoms with van der Waals surface area (Å²) in [5.74, 6) is -0.319. The lowest BCUT2D eigenvalue weighted by Crippen LogP contribution is -2.43. The maximum Gasteiger partial charge on any atom is 0.240 e. The van der Waals surface area contributed by atoms with E-state index in [9.17, 15) is 9.90 Å². The van der Waals surface area contributed by atoms with Gasteiger partial charge in [-0.3, -0.25) is 4.79 Å². The van der Waals surface area contributed by atoms with Gasteiger partial charge in [0.05, 0.1) is 0 Å². The number of nitrogens with zero attached hydrogens (tertiary/aromatic N) is 1. The molecule has 5 N–H and O–H groups in total. The molecule has 0 spiro atoms. The van der Waals surface area contributed by atoms with E-state index in [-0.39, 0.29) is 5.75 Å². The smallest absolute Gasteiger partial charge is 0.240 e. The Balaban J connectivity index is 2.52. The van der Waals surface area contributed by atoms with Crippen molar-refractivity contribution in [3.63, 3.8) is 0 Å². The molecule has 0 aliphatic rings. The Kier molecular flexibility index (Phi) is 5.01. The molecule has 0 aliphatic heterocycles. The van der Waals surface area contributed by atoms with Gasteiger partial charge in [-0.05, 0) is 44.2 Å². The van der Waals surface area contributed by atoms with E-state index in [1.807, 2.05) is 42.2 Å². The summed E-state index contributed by atoms with van der Waals surface area (Å²) in [4.78, 5) is 13.7. The molecule has 22 heavy (non-hydrogen) atoms. The van der Waals surface area contributed by atoms with E-state index in [1.165, 1.54) is 0 Å². The van der Waals surface area contributed by atoms with Gasteiger partial charge in [0.1, 0.15) is 11.8 Å². The monoisotopic (exact) mass is 299 g/mol. The van der Waals surface area contributed by atoms with Gasteiger partial charge in [0.15, 0.2) is 0 Å². The Labute approximate surface area is 130 Å². The van der Waals surface area contributed by atoms with Gasteiger partial charge in [-0.1, -0.05) is 23.8 Å². The number of hydrogen-bond acceptors (Lipinski definition) is 4. The quantitative estimate of drug-likeness (QED) is 0.761. The van der Waals surface area contributed by atoms with Crippen molar-refractivity contribution in [2.24, 2.45) is 11.5 Å². The van der Waals surface area contributed by atoms with Crippen molar-refractivity contribution >= 4 is 17.3 Å². The largest absolute Gasteiger partial charge is 0.508 e. The number of primary amides is 1. The third-order valence-corrected chi connectivity index (χ3v) is 3.50. The molecule has 0 aromatic heterocycles. The first-order chi connectivity index (χ1) is 10.5. The number of aryl methyl sites for hydroxylation is 1. The molecule has 0 aliphatic carbocycles. The van der Waals surface area contributed by atoms with Crippen molar-refractivity contribution < 1.29 is 9.90 Å². The summed E-state index contributed by atoms with van der Waals surface area (Å²) in [5.41, 5.74) is 13.8. The first-order valence-corrected chi connectivity index (χ1v) is 7.17. The first-order valence-electron chi connectivity index (χ1n) is 7.17. The average molecular weight is 299 g/mol. The molecule has 0 saturated heterocycles. The molecule has 1 unspecified atom stereocenters. The normalized spacial score (nSPS) is 11.9. The maximum absolute atomic E-state index is 11.9. The van der Waals surface area contributed by atoms with E-state index in [0.29, 0.717) is 18.7 Å². The van der Waals surface area contributed by atoms with Gasteiger partial charge in [-0.25, -0.2) is 0 Å². The number of hydrogen-bond donors (Lipinski definition) is 3. The zero-order valence-electron chi connectivity index (χ0n) is 12.6.